The number of nitrogens with one attached hydrogen (secondary N) is 1. The molecule has 0 aliphatic heterocycles. The molecule has 1 aromatic heterocycles. The van der Waals surface area contributed by atoms with Gasteiger partial charge in [-0.15, -0.1) is 0 Å². The van der Waals surface area contributed by atoms with Crippen molar-refractivity contribution in [2.45, 2.75) is 57.5 Å². The van der Waals surface area contributed by atoms with Gasteiger partial charge >= 0.3 is 0 Å². The summed E-state index contributed by atoms with van der Waals surface area (Å²) in [6, 6.07) is 5.79. The van der Waals surface area contributed by atoms with E-state index in [9.17, 15) is 13.2 Å². The molecule has 0 aliphatic carbocycles. The van der Waals surface area contributed by atoms with E-state index in [0.29, 0.717) is 0 Å². The van der Waals surface area contributed by atoms with Gasteiger partial charge in [-0.2, -0.15) is 0 Å². The van der Waals surface area contributed by atoms with Crippen LogP contribution in [0.2, 0.25) is 0 Å². The molecule has 25 heavy (non-hydrogen) atoms. The number of aromatic nitrogens is 2. The SMILES string of the molecule is Cc1ccc(C)c(-n2ccnc2S(=O)(=O)C(C)C(=O)NC(C)(C)C)c1. The maximum absolute atomic E-state index is 13.0. The molecule has 0 spiro atoms. The minimum Gasteiger partial charge on any atom is -0.350 e. The van der Waals surface area contributed by atoms with Gasteiger partial charge in [-0.25, -0.2) is 13.4 Å². The Kier molecular flexibility index (Phi) is 5.09. The number of hydrogen-bond acceptors (Lipinski definition) is 4. The highest BCUT2D eigenvalue weighted by atomic mass is 32.2. The van der Waals surface area contributed by atoms with Gasteiger partial charge in [0.15, 0.2) is 0 Å². The van der Waals surface area contributed by atoms with Gasteiger partial charge in [0, 0.05) is 17.9 Å². The van der Waals surface area contributed by atoms with E-state index in [1.165, 1.54) is 17.7 Å². The molecule has 1 heterocycles. The third-order valence-corrected chi connectivity index (χ3v) is 5.77. The predicted molar refractivity (Wildman–Crippen MR) is 97.6 cm³/mol. The lowest BCUT2D eigenvalue weighted by Crippen LogP contribution is -2.47. The summed E-state index contributed by atoms with van der Waals surface area (Å²) in [4.78, 5) is 16.4. The highest BCUT2D eigenvalue weighted by Crippen LogP contribution is 2.23. The Bertz CT molecular complexity index is 893. The lowest BCUT2D eigenvalue weighted by Gasteiger charge is -2.23. The van der Waals surface area contributed by atoms with Crippen LogP contribution in [-0.4, -0.2) is 34.7 Å². The number of rotatable bonds is 4. The maximum Gasteiger partial charge on any atom is 0.238 e. The zero-order valence-electron chi connectivity index (χ0n) is 15.5. The van der Waals surface area contributed by atoms with Gasteiger partial charge in [-0.05, 0) is 58.7 Å². The van der Waals surface area contributed by atoms with E-state index < -0.39 is 26.5 Å². The normalized spacial score (nSPS) is 13.5. The fourth-order valence-electron chi connectivity index (χ4n) is 2.43. The molecule has 7 heteroatoms. The number of carbonyl (C=O) groups excluding carboxylic acids is 1. The number of nitrogens with zero attached hydrogens (tertiary/aromatic N) is 2. The van der Waals surface area contributed by atoms with Crippen molar-refractivity contribution in [2.24, 2.45) is 0 Å². The summed E-state index contributed by atoms with van der Waals surface area (Å²) in [6.45, 7) is 10.6. The van der Waals surface area contributed by atoms with Gasteiger partial charge in [0.05, 0.1) is 5.69 Å². The van der Waals surface area contributed by atoms with Crippen LogP contribution in [0.1, 0.15) is 38.8 Å². The quantitative estimate of drug-likeness (QED) is 0.905. The Morgan fingerprint density at radius 2 is 1.88 bits per heavy atom. The second-order valence-corrected chi connectivity index (χ2v) is 9.46. The monoisotopic (exact) mass is 363 g/mol. The first-order valence-electron chi connectivity index (χ1n) is 8.10. The smallest absolute Gasteiger partial charge is 0.238 e. The second kappa shape index (κ2) is 6.63. The van der Waals surface area contributed by atoms with Crippen molar-refractivity contribution in [1.82, 2.24) is 14.9 Å². The molecular weight excluding hydrogens is 338 g/mol. The van der Waals surface area contributed by atoms with Crippen LogP contribution in [0.4, 0.5) is 0 Å². The average Bonchev–Trinajstić information content (AvgIpc) is 2.97. The number of hydrogen-bond donors (Lipinski definition) is 1. The summed E-state index contributed by atoms with van der Waals surface area (Å²) in [7, 11) is -3.94. The van der Waals surface area contributed by atoms with Gasteiger partial charge in [0.25, 0.3) is 0 Å². The Hall–Kier alpha value is -2.15. The molecule has 6 nitrogen and oxygen atoms in total. The van der Waals surface area contributed by atoms with Crippen molar-refractivity contribution < 1.29 is 13.2 Å². The third kappa shape index (κ3) is 4.10. The molecule has 2 rings (SSSR count). The zero-order valence-corrected chi connectivity index (χ0v) is 16.3. The van der Waals surface area contributed by atoms with Crippen LogP contribution in [0.3, 0.4) is 0 Å². The zero-order chi connectivity index (χ0) is 19.0. The molecule has 0 saturated carbocycles. The number of carbonyl (C=O) groups is 1. The largest absolute Gasteiger partial charge is 0.350 e. The first-order valence-corrected chi connectivity index (χ1v) is 9.65. The molecule has 1 atom stereocenters. The Balaban J connectivity index is 2.47. The van der Waals surface area contributed by atoms with Crippen LogP contribution < -0.4 is 5.32 Å². The number of amides is 1. The lowest BCUT2D eigenvalue weighted by molar-refractivity contribution is -0.121. The molecule has 1 N–H and O–H groups in total. The molecule has 2 aromatic rings. The van der Waals surface area contributed by atoms with E-state index >= 15 is 0 Å². The van der Waals surface area contributed by atoms with E-state index in [0.717, 1.165) is 16.8 Å². The number of sulfone groups is 1. The number of benzene rings is 1. The Labute approximate surface area is 149 Å². The average molecular weight is 363 g/mol. The van der Waals surface area contributed by atoms with Crippen molar-refractivity contribution in [3.8, 4) is 5.69 Å². The van der Waals surface area contributed by atoms with Crippen LogP contribution in [0.5, 0.6) is 0 Å². The fourth-order valence-corrected chi connectivity index (χ4v) is 3.73. The summed E-state index contributed by atoms with van der Waals surface area (Å²) in [5, 5.41) is 1.35. The van der Waals surface area contributed by atoms with Crippen LogP contribution in [-0.2, 0) is 14.6 Å². The molecule has 0 bridgehead atoms. The van der Waals surface area contributed by atoms with Gasteiger partial charge in [-0.1, -0.05) is 12.1 Å². The van der Waals surface area contributed by atoms with E-state index in [1.807, 2.05) is 32.0 Å². The van der Waals surface area contributed by atoms with Crippen LogP contribution >= 0.6 is 0 Å². The maximum atomic E-state index is 13.0. The van der Waals surface area contributed by atoms with Crippen molar-refractivity contribution >= 4 is 15.7 Å². The van der Waals surface area contributed by atoms with Gasteiger partial charge in [0.1, 0.15) is 5.25 Å². The fraction of sp³-hybridized carbons (Fsp3) is 0.444. The van der Waals surface area contributed by atoms with Crippen molar-refractivity contribution in [3.05, 3.63) is 41.7 Å². The van der Waals surface area contributed by atoms with Crippen LogP contribution in [0, 0.1) is 13.8 Å². The standard InChI is InChI=1S/C18H25N3O3S/c1-12-7-8-13(2)15(11-12)21-10-9-19-17(21)25(23,24)14(3)16(22)20-18(4,5)6/h7-11,14H,1-6H3,(H,20,22). The highest BCUT2D eigenvalue weighted by Gasteiger charge is 2.35. The van der Waals surface area contributed by atoms with Crippen LogP contribution in [0.25, 0.3) is 5.69 Å². The first kappa shape index (κ1) is 19.2. The molecule has 0 aliphatic rings. The molecule has 0 fully saturated rings. The first-order chi connectivity index (χ1) is 11.4. The predicted octanol–water partition coefficient (Wildman–Crippen LogP) is 2.57. The third-order valence-electron chi connectivity index (χ3n) is 3.82. The van der Waals surface area contributed by atoms with E-state index in [-0.39, 0.29) is 5.16 Å². The highest BCUT2D eigenvalue weighted by molar-refractivity contribution is 7.92. The van der Waals surface area contributed by atoms with E-state index in [2.05, 4.69) is 10.3 Å². The summed E-state index contributed by atoms with van der Waals surface area (Å²) in [5.41, 5.74) is 2.16. The van der Waals surface area contributed by atoms with E-state index in [1.54, 1.807) is 27.0 Å². The molecular formula is C18H25N3O3S. The molecule has 1 aromatic carbocycles. The van der Waals surface area contributed by atoms with Gasteiger partial charge in [0.2, 0.25) is 20.9 Å². The van der Waals surface area contributed by atoms with Gasteiger partial charge in [-0.3, -0.25) is 9.36 Å². The molecule has 136 valence electrons. The minimum atomic E-state index is -3.94. The summed E-state index contributed by atoms with van der Waals surface area (Å²) in [6.07, 6.45) is 3.03. The molecule has 1 unspecified atom stereocenters. The Morgan fingerprint density at radius 1 is 1.24 bits per heavy atom. The Morgan fingerprint density at radius 3 is 2.48 bits per heavy atom. The van der Waals surface area contributed by atoms with Crippen molar-refractivity contribution in [2.75, 3.05) is 0 Å². The minimum absolute atomic E-state index is 0.127. The van der Waals surface area contributed by atoms with Crippen LogP contribution in [0.15, 0.2) is 35.7 Å². The topological polar surface area (TPSA) is 81.1 Å². The lowest BCUT2D eigenvalue weighted by atomic mass is 10.1. The van der Waals surface area contributed by atoms with Crippen molar-refractivity contribution in [1.29, 1.82) is 0 Å². The molecule has 0 saturated heterocycles. The summed E-state index contributed by atoms with van der Waals surface area (Å²) in [5.74, 6) is -0.539. The van der Waals surface area contributed by atoms with Crippen molar-refractivity contribution in [3.63, 3.8) is 0 Å². The molecule has 0 radical (unpaired) electrons. The number of aryl methyl sites for hydroxylation is 2. The van der Waals surface area contributed by atoms with Gasteiger partial charge < -0.3 is 5.32 Å². The van der Waals surface area contributed by atoms with E-state index in [4.69, 9.17) is 0 Å². The summed E-state index contributed by atoms with van der Waals surface area (Å²) >= 11 is 0. The number of imidazole rings is 1. The molecule has 1 amide bonds. The second-order valence-electron chi connectivity index (χ2n) is 7.30. The summed E-state index contributed by atoms with van der Waals surface area (Å²) < 4.78 is 27.5.